The summed E-state index contributed by atoms with van der Waals surface area (Å²) in [7, 11) is 0. The summed E-state index contributed by atoms with van der Waals surface area (Å²) in [5.41, 5.74) is 7.24. The number of benzene rings is 2. The Morgan fingerprint density at radius 2 is 1.84 bits per heavy atom. The second-order valence-electron chi connectivity index (χ2n) is 4.13. The Bertz CT molecular complexity index is 743. The number of nitrogens with zero attached hydrogens (tertiary/aromatic N) is 1. The van der Waals surface area contributed by atoms with Crippen molar-refractivity contribution in [3.8, 4) is 11.6 Å². The average molecular weight is 271 g/mol. The van der Waals surface area contributed by atoms with Crippen LogP contribution in [-0.2, 0) is 0 Å². The van der Waals surface area contributed by atoms with Crippen LogP contribution in [0, 0.1) is 0 Å². The molecule has 4 heteroatoms. The summed E-state index contributed by atoms with van der Waals surface area (Å²) >= 11 is 5.92. The van der Waals surface area contributed by atoms with Crippen molar-refractivity contribution in [2.45, 2.75) is 0 Å². The van der Waals surface area contributed by atoms with Crippen LogP contribution < -0.4 is 10.5 Å². The SMILES string of the molecule is Nc1ccc(Cl)cc1Oc1ccc2ccccc2n1. The number of aromatic nitrogens is 1. The predicted molar refractivity (Wildman–Crippen MR) is 77.7 cm³/mol. The van der Waals surface area contributed by atoms with Gasteiger partial charge in [0, 0.05) is 22.5 Å². The Morgan fingerprint density at radius 3 is 2.74 bits per heavy atom. The van der Waals surface area contributed by atoms with Gasteiger partial charge in [-0.1, -0.05) is 29.8 Å². The molecule has 3 nitrogen and oxygen atoms in total. The first kappa shape index (κ1) is 11.8. The summed E-state index contributed by atoms with van der Waals surface area (Å²) in [4.78, 5) is 4.42. The van der Waals surface area contributed by atoms with Crippen LogP contribution in [0.3, 0.4) is 0 Å². The van der Waals surface area contributed by atoms with Crippen molar-refractivity contribution < 1.29 is 4.74 Å². The predicted octanol–water partition coefficient (Wildman–Crippen LogP) is 4.26. The molecule has 3 rings (SSSR count). The minimum absolute atomic E-state index is 0.493. The van der Waals surface area contributed by atoms with Crippen molar-refractivity contribution >= 4 is 28.2 Å². The van der Waals surface area contributed by atoms with E-state index in [0.29, 0.717) is 22.3 Å². The summed E-state index contributed by atoms with van der Waals surface area (Å²) in [6, 6.07) is 16.7. The van der Waals surface area contributed by atoms with Gasteiger partial charge >= 0.3 is 0 Å². The number of ether oxygens (including phenoxy) is 1. The standard InChI is InChI=1S/C15H11ClN2O/c16-11-6-7-12(17)14(9-11)19-15-8-5-10-3-1-2-4-13(10)18-15/h1-9H,17H2. The molecule has 0 amide bonds. The molecule has 0 unspecified atom stereocenters. The van der Waals surface area contributed by atoms with Crippen LogP contribution in [0.4, 0.5) is 5.69 Å². The Balaban J connectivity index is 1.98. The van der Waals surface area contributed by atoms with E-state index in [-0.39, 0.29) is 0 Å². The number of fused-ring (bicyclic) bond motifs is 1. The summed E-state index contributed by atoms with van der Waals surface area (Å²) in [6.07, 6.45) is 0. The third-order valence-corrected chi connectivity index (χ3v) is 3.00. The van der Waals surface area contributed by atoms with E-state index in [4.69, 9.17) is 22.1 Å². The number of rotatable bonds is 2. The molecule has 0 spiro atoms. The fraction of sp³-hybridized carbons (Fsp3) is 0. The van der Waals surface area contributed by atoms with E-state index in [1.165, 1.54) is 0 Å². The van der Waals surface area contributed by atoms with Crippen LogP contribution in [-0.4, -0.2) is 4.98 Å². The maximum absolute atomic E-state index is 5.92. The third-order valence-electron chi connectivity index (χ3n) is 2.76. The normalized spacial score (nSPS) is 10.6. The van der Waals surface area contributed by atoms with E-state index in [1.54, 1.807) is 18.2 Å². The van der Waals surface area contributed by atoms with Gasteiger partial charge in [0.25, 0.3) is 0 Å². The third kappa shape index (κ3) is 2.46. The van der Waals surface area contributed by atoms with Crippen molar-refractivity contribution in [3.05, 3.63) is 59.6 Å². The summed E-state index contributed by atoms with van der Waals surface area (Å²) < 4.78 is 5.68. The highest BCUT2D eigenvalue weighted by Gasteiger charge is 2.05. The Labute approximate surface area is 115 Å². The lowest BCUT2D eigenvalue weighted by atomic mass is 10.2. The highest BCUT2D eigenvalue weighted by molar-refractivity contribution is 6.30. The summed E-state index contributed by atoms with van der Waals surface area (Å²) in [5, 5.41) is 1.64. The molecule has 2 N–H and O–H groups in total. The molecule has 0 bridgehead atoms. The highest BCUT2D eigenvalue weighted by atomic mass is 35.5. The van der Waals surface area contributed by atoms with E-state index in [1.807, 2.05) is 36.4 Å². The summed E-state index contributed by atoms with van der Waals surface area (Å²) in [6.45, 7) is 0. The van der Waals surface area contributed by atoms with Crippen molar-refractivity contribution in [3.63, 3.8) is 0 Å². The zero-order valence-electron chi connectivity index (χ0n) is 10.0. The van der Waals surface area contributed by atoms with E-state index < -0.39 is 0 Å². The molecule has 2 aromatic carbocycles. The first-order chi connectivity index (χ1) is 9.22. The zero-order valence-corrected chi connectivity index (χ0v) is 10.8. The van der Waals surface area contributed by atoms with Crippen molar-refractivity contribution in [1.29, 1.82) is 0 Å². The lowest BCUT2D eigenvalue weighted by molar-refractivity contribution is 0.467. The number of para-hydroxylation sites is 1. The first-order valence-corrected chi connectivity index (χ1v) is 6.19. The molecular formula is C15H11ClN2O. The molecule has 0 saturated heterocycles. The molecule has 94 valence electrons. The van der Waals surface area contributed by atoms with Crippen LogP contribution in [0.2, 0.25) is 5.02 Å². The van der Waals surface area contributed by atoms with Crippen LogP contribution in [0.5, 0.6) is 11.6 Å². The number of pyridine rings is 1. The smallest absolute Gasteiger partial charge is 0.219 e. The Morgan fingerprint density at radius 1 is 1.00 bits per heavy atom. The number of hydrogen-bond acceptors (Lipinski definition) is 3. The second kappa shape index (κ2) is 4.78. The van der Waals surface area contributed by atoms with Gasteiger partial charge in [-0.05, 0) is 24.3 Å². The largest absolute Gasteiger partial charge is 0.437 e. The van der Waals surface area contributed by atoms with Crippen LogP contribution in [0.15, 0.2) is 54.6 Å². The monoisotopic (exact) mass is 270 g/mol. The Hall–Kier alpha value is -2.26. The molecule has 0 aliphatic heterocycles. The van der Waals surface area contributed by atoms with Crippen LogP contribution in [0.25, 0.3) is 10.9 Å². The van der Waals surface area contributed by atoms with Crippen LogP contribution in [0.1, 0.15) is 0 Å². The van der Waals surface area contributed by atoms with Gasteiger partial charge in [-0.25, -0.2) is 4.98 Å². The van der Waals surface area contributed by atoms with E-state index >= 15 is 0 Å². The second-order valence-corrected chi connectivity index (χ2v) is 4.56. The van der Waals surface area contributed by atoms with Gasteiger partial charge in [-0.2, -0.15) is 0 Å². The van der Waals surface area contributed by atoms with Gasteiger partial charge in [-0.15, -0.1) is 0 Å². The number of nitrogens with two attached hydrogens (primary N) is 1. The fourth-order valence-electron chi connectivity index (χ4n) is 1.81. The average Bonchev–Trinajstić information content (AvgIpc) is 2.43. The number of halogens is 1. The molecule has 0 aliphatic carbocycles. The maximum Gasteiger partial charge on any atom is 0.219 e. The minimum Gasteiger partial charge on any atom is -0.437 e. The number of anilines is 1. The van der Waals surface area contributed by atoms with Crippen molar-refractivity contribution in [1.82, 2.24) is 4.98 Å². The molecule has 1 aromatic heterocycles. The molecule has 3 aromatic rings. The molecule has 0 aliphatic rings. The van der Waals surface area contributed by atoms with Gasteiger partial charge in [0.05, 0.1) is 11.2 Å². The number of nitrogen functional groups attached to an aromatic ring is 1. The van der Waals surface area contributed by atoms with Gasteiger partial charge in [0.15, 0.2) is 5.75 Å². The van der Waals surface area contributed by atoms with Gasteiger partial charge in [0.1, 0.15) is 0 Å². The van der Waals surface area contributed by atoms with E-state index in [0.717, 1.165) is 10.9 Å². The molecule has 0 saturated carbocycles. The fourth-order valence-corrected chi connectivity index (χ4v) is 1.98. The van der Waals surface area contributed by atoms with Crippen molar-refractivity contribution in [2.24, 2.45) is 0 Å². The molecule has 1 heterocycles. The van der Waals surface area contributed by atoms with Crippen molar-refractivity contribution in [2.75, 3.05) is 5.73 Å². The van der Waals surface area contributed by atoms with E-state index in [2.05, 4.69) is 4.98 Å². The zero-order chi connectivity index (χ0) is 13.2. The first-order valence-electron chi connectivity index (χ1n) is 5.81. The Kier molecular flexibility index (Phi) is 2.97. The lowest BCUT2D eigenvalue weighted by Gasteiger charge is -2.08. The molecular weight excluding hydrogens is 260 g/mol. The molecule has 0 radical (unpaired) electrons. The van der Waals surface area contributed by atoms with Gasteiger partial charge in [0.2, 0.25) is 5.88 Å². The van der Waals surface area contributed by atoms with Gasteiger partial charge in [-0.3, -0.25) is 0 Å². The molecule has 19 heavy (non-hydrogen) atoms. The lowest BCUT2D eigenvalue weighted by Crippen LogP contribution is -1.93. The molecule has 0 fully saturated rings. The minimum atomic E-state index is 0.493. The quantitative estimate of drug-likeness (QED) is 0.708. The topological polar surface area (TPSA) is 48.1 Å². The molecule has 0 atom stereocenters. The van der Waals surface area contributed by atoms with E-state index in [9.17, 15) is 0 Å². The number of hydrogen-bond donors (Lipinski definition) is 1. The summed E-state index contributed by atoms with van der Waals surface area (Å²) in [5.74, 6) is 1.00. The maximum atomic E-state index is 5.92. The van der Waals surface area contributed by atoms with Gasteiger partial charge < -0.3 is 10.5 Å². The highest BCUT2D eigenvalue weighted by Crippen LogP contribution is 2.30. The van der Waals surface area contributed by atoms with Crippen LogP contribution >= 0.6 is 11.6 Å².